The lowest BCUT2D eigenvalue weighted by atomic mass is 10.1. The maximum atomic E-state index is 5.44. The predicted octanol–water partition coefficient (Wildman–Crippen LogP) is 2.33. The van der Waals surface area contributed by atoms with E-state index in [1.807, 2.05) is 24.4 Å². The van der Waals surface area contributed by atoms with Crippen molar-refractivity contribution < 1.29 is 9.47 Å². The highest BCUT2D eigenvalue weighted by atomic mass is 16.7. The molecule has 5 nitrogen and oxygen atoms in total. The van der Waals surface area contributed by atoms with Crippen molar-refractivity contribution in [1.29, 1.82) is 0 Å². The summed E-state index contributed by atoms with van der Waals surface area (Å²) in [5.74, 6) is 2.47. The number of nitrogens with zero attached hydrogens (tertiary/aromatic N) is 2. The van der Waals surface area contributed by atoms with Crippen molar-refractivity contribution >= 4 is 16.6 Å². The molecule has 0 fully saturated rings. The van der Waals surface area contributed by atoms with Gasteiger partial charge in [-0.1, -0.05) is 0 Å². The van der Waals surface area contributed by atoms with Crippen LogP contribution in [0.4, 0.5) is 5.82 Å². The van der Waals surface area contributed by atoms with Crippen LogP contribution in [0.5, 0.6) is 11.5 Å². The molecule has 106 valence electrons. The minimum Gasteiger partial charge on any atom is -0.454 e. The highest BCUT2D eigenvalue weighted by Crippen LogP contribution is 2.37. The van der Waals surface area contributed by atoms with E-state index in [4.69, 9.17) is 9.47 Å². The highest BCUT2D eigenvalue weighted by molar-refractivity contribution is 5.94. The van der Waals surface area contributed by atoms with Gasteiger partial charge in [0.2, 0.25) is 6.79 Å². The second kappa shape index (κ2) is 5.17. The van der Waals surface area contributed by atoms with Crippen LogP contribution in [0.15, 0.2) is 24.4 Å². The maximum Gasteiger partial charge on any atom is 0.231 e. The molecule has 2 heterocycles. The predicted molar refractivity (Wildman–Crippen MR) is 79.5 cm³/mol. The van der Waals surface area contributed by atoms with Gasteiger partial charge in [-0.2, -0.15) is 0 Å². The fourth-order valence-corrected chi connectivity index (χ4v) is 2.13. The van der Waals surface area contributed by atoms with Crippen LogP contribution in [0.1, 0.15) is 6.92 Å². The van der Waals surface area contributed by atoms with E-state index >= 15 is 0 Å². The van der Waals surface area contributed by atoms with Gasteiger partial charge in [-0.15, -0.1) is 0 Å². The molecule has 20 heavy (non-hydrogen) atoms. The van der Waals surface area contributed by atoms with E-state index < -0.39 is 0 Å². The Bertz CT molecular complexity index is 628. The van der Waals surface area contributed by atoms with Crippen molar-refractivity contribution in [3.05, 3.63) is 24.4 Å². The first-order valence-corrected chi connectivity index (χ1v) is 6.74. The molecule has 1 aliphatic rings. The first-order valence-electron chi connectivity index (χ1n) is 6.74. The third-order valence-corrected chi connectivity index (χ3v) is 3.70. The van der Waals surface area contributed by atoms with E-state index in [0.29, 0.717) is 12.8 Å². The van der Waals surface area contributed by atoms with Gasteiger partial charge in [-0.3, -0.25) is 0 Å². The lowest BCUT2D eigenvalue weighted by molar-refractivity contribution is 0.174. The summed E-state index contributed by atoms with van der Waals surface area (Å²) in [6, 6.07) is 6.41. The molecule has 2 aromatic rings. The normalized spacial score (nSPS) is 14.8. The number of benzene rings is 1. The van der Waals surface area contributed by atoms with E-state index in [0.717, 1.165) is 34.6 Å². The molecule has 0 amide bonds. The molecule has 1 aromatic heterocycles. The van der Waals surface area contributed by atoms with Gasteiger partial charge in [0, 0.05) is 24.2 Å². The number of hydrogen-bond donors (Lipinski definition) is 1. The molecule has 1 unspecified atom stereocenters. The molecule has 0 aliphatic carbocycles. The largest absolute Gasteiger partial charge is 0.454 e. The fourth-order valence-electron chi connectivity index (χ4n) is 2.13. The molecule has 0 saturated heterocycles. The Morgan fingerprint density at radius 2 is 2.05 bits per heavy atom. The van der Waals surface area contributed by atoms with Crippen molar-refractivity contribution in [2.75, 3.05) is 32.7 Å². The summed E-state index contributed by atoms with van der Waals surface area (Å²) in [5.41, 5.74) is 0. The first-order chi connectivity index (χ1) is 9.65. The van der Waals surface area contributed by atoms with Crippen LogP contribution in [-0.4, -0.2) is 43.4 Å². The summed E-state index contributed by atoms with van der Waals surface area (Å²) in [6.07, 6.45) is 1.81. The lowest BCUT2D eigenvalue weighted by Gasteiger charge is -2.20. The molecule has 3 rings (SSSR count). The smallest absolute Gasteiger partial charge is 0.231 e. The Labute approximate surface area is 118 Å². The van der Waals surface area contributed by atoms with Crippen molar-refractivity contribution in [2.45, 2.75) is 13.0 Å². The first kappa shape index (κ1) is 13.0. The molecule has 1 N–H and O–H groups in total. The zero-order valence-corrected chi connectivity index (χ0v) is 12.0. The number of nitrogens with one attached hydrogen (secondary N) is 1. The van der Waals surface area contributed by atoms with E-state index in [1.54, 1.807) is 0 Å². The van der Waals surface area contributed by atoms with Gasteiger partial charge in [0.05, 0.1) is 0 Å². The van der Waals surface area contributed by atoms with Crippen LogP contribution in [0, 0.1) is 0 Å². The van der Waals surface area contributed by atoms with Crippen LogP contribution >= 0.6 is 0 Å². The summed E-state index contributed by atoms with van der Waals surface area (Å²) < 4.78 is 10.8. The molecule has 0 saturated carbocycles. The SMILES string of the molecule is CC(CNc1nccc2cc3c(cc12)OCO3)N(C)C. The number of aromatic nitrogens is 1. The van der Waals surface area contributed by atoms with Gasteiger partial charge in [0.1, 0.15) is 5.82 Å². The standard InChI is InChI=1S/C15H19N3O2/c1-10(18(2)3)8-17-15-12-7-14-13(19-9-20-14)6-11(12)4-5-16-15/h4-7,10H,8-9H2,1-3H3,(H,16,17). The third-order valence-electron chi connectivity index (χ3n) is 3.70. The second-order valence-corrected chi connectivity index (χ2v) is 5.28. The Kier molecular flexibility index (Phi) is 3.36. The summed E-state index contributed by atoms with van der Waals surface area (Å²) in [7, 11) is 4.14. The van der Waals surface area contributed by atoms with Crippen molar-refractivity contribution in [3.8, 4) is 11.5 Å². The lowest BCUT2D eigenvalue weighted by Crippen LogP contribution is -2.31. The zero-order valence-electron chi connectivity index (χ0n) is 12.0. The van der Waals surface area contributed by atoms with Gasteiger partial charge in [0.15, 0.2) is 11.5 Å². The number of hydrogen-bond acceptors (Lipinski definition) is 5. The Hall–Kier alpha value is -2.01. The van der Waals surface area contributed by atoms with Crippen LogP contribution in [-0.2, 0) is 0 Å². The van der Waals surface area contributed by atoms with Gasteiger partial charge < -0.3 is 19.7 Å². The highest BCUT2D eigenvalue weighted by Gasteiger charge is 2.16. The molecular weight excluding hydrogens is 254 g/mol. The molecule has 1 aliphatic heterocycles. The van der Waals surface area contributed by atoms with E-state index in [-0.39, 0.29) is 0 Å². The Balaban J connectivity index is 1.91. The number of likely N-dealkylation sites (N-methyl/N-ethyl adjacent to an activating group) is 1. The van der Waals surface area contributed by atoms with Gasteiger partial charge in [-0.05, 0) is 44.6 Å². The van der Waals surface area contributed by atoms with Crippen molar-refractivity contribution in [3.63, 3.8) is 0 Å². The minimum atomic E-state index is 0.291. The summed E-state index contributed by atoms with van der Waals surface area (Å²) in [6.45, 7) is 3.31. The summed E-state index contributed by atoms with van der Waals surface area (Å²) in [5, 5.41) is 5.57. The number of pyridine rings is 1. The Morgan fingerprint density at radius 1 is 1.30 bits per heavy atom. The summed E-state index contributed by atoms with van der Waals surface area (Å²) in [4.78, 5) is 6.61. The number of rotatable bonds is 4. The monoisotopic (exact) mass is 273 g/mol. The third kappa shape index (κ3) is 2.36. The second-order valence-electron chi connectivity index (χ2n) is 5.28. The minimum absolute atomic E-state index is 0.291. The average Bonchev–Trinajstić information content (AvgIpc) is 2.89. The van der Waals surface area contributed by atoms with Crippen molar-refractivity contribution in [2.24, 2.45) is 0 Å². The number of anilines is 1. The van der Waals surface area contributed by atoms with E-state index in [9.17, 15) is 0 Å². The fraction of sp³-hybridized carbons (Fsp3) is 0.400. The molecule has 0 spiro atoms. The van der Waals surface area contributed by atoms with Crippen LogP contribution in [0.3, 0.4) is 0 Å². The molecule has 0 radical (unpaired) electrons. The van der Waals surface area contributed by atoms with E-state index in [2.05, 4.69) is 36.2 Å². The average molecular weight is 273 g/mol. The summed E-state index contributed by atoms with van der Waals surface area (Å²) >= 11 is 0. The van der Waals surface area contributed by atoms with Gasteiger partial charge >= 0.3 is 0 Å². The zero-order chi connectivity index (χ0) is 14.1. The van der Waals surface area contributed by atoms with Crippen molar-refractivity contribution in [1.82, 2.24) is 9.88 Å². The molecule has 0 bridgehead atoms. The van der Waals surface area contributed by atoms with E-state index in [1.165, 1.54) is 0 Å². The van der Waals surface area contributed by atoms with Gasteiger partial charge in [-0.25, -0.2) is 4.98 Å². The quantitative estimate of drug-likeness (QED) is 0.926. The number of ether oxygens (including phenoxy) is 2. The topological polar surface area (TPSA) is 46.6 Å². The van der Waals surface area contributed by atoms with Crippen LogP contribution in [0.25, 0.3) is 10.8 Å². The van der Waals surface area contributed by atoms with Gasteiger partial charge in [0.25, 0.3) is 0 Å². The van der Waals surface area contributed by atoms with Crippen LogP contribution in [0.2, 0.25) is 0 Å². The molecular formula is C15H19N3O2. The number of fused-ring (bicyclic) bond motifs is 2. The molecule has 1 atom stereocenters. The Morgan fingerprint density at radius 3 is 2.80 bits per heavy atom. The van der Waals surface area contributed by atoms with Crippen LogP contribution < -0.4 is 14.8 Å². The molecule has 1 aromatic carbocycles. The molecule has 5 heteroatoms. The maximum absolute atomic E-state index is 5.44.